The van der Waals surface area contributed by atoms with E-state index in [0.717, 1.165) is 85.1 Å². The van der Waals surface area contributed by atoms with Crippen LogP contribution >= 0.6 is 0 Å². The van der Waals surface area contributed by atoms with Crippen LogP contribution in [0.15, 0.2) is 12.4 Å². The Labute approximate surface area is 293 Å². The molecule has 6 aliphatic carbocycles. The van der Waals surface area contributed by atoms with Crippen molar-refractivity contribution in [1.82, 2.24) is 44.4 Å². The van der Waals surface area contributed by atoms with E-state index < -0.39 is 11.4 Å². The molecule has 4 bridgehead atoms. The summed E-state index contributed by atoms with van der Waals surface area (Å²) in [6, 6.07) is 0. The van der Waals surface area contributed by atoms with Gasteiger partial charge in [0.25, 0.3) is 0 Å². The Bertz CT molecular complexity index is 1680. The summed E-state index contributed by atoms with van der Waals surface area (Å²) in [4.78, 5) is 42.8. The second-order valence-electron chi connectivity index (χ2n) is 13.0. The minimum atomic E-state index is -0.646. The van der Waals surface area contributed by atoms with Gasteiger partial charge in [-0.2, -0.15) is 0 Å². The van der Waals surface area contributed by atoms with Crippen LogP contribution in [0.25, 0.3) is 22.1 Å². The van der Waals surface area contributed by atoms with Gasteiger partial charge in [-0.05, 0) is 61.7 Å². The Kier molecular flexibility index (Phi) is 8.07. The smallest absolute Gasteiger partial charge is 0.309 e. The predicted octanol–water partition coefficient (Wildman–Crippen LogP) is 1.92. The fourth-order valence-corrected chi connectivity index (χ4v) is 7.96. The first-order valence-electron chi connectivity index (χ1n) is 13.5. The molecule has 0 unspecified atom stereocenters. The number of aliphatic carboxylic acids is 1. The number of hydrogen-bond donors (Lipinski definition) is 1. The molecule has 2 radical (unpaired) electrons. The van der Waals surface area contributed by atoms with Gasteiger partial charge in [0.2, 0.25) is 5.91 Å². The van der Waals surface area contributed by atoms with Gasteiger partial charge in [0, 0.05) is 118 Å². The van der Waals surface area contributed by atoms with E-state index in [1.54, 1.807) is 26.7 Å². The first-order valence-corrected chi connectivity index (χ1v) is 13.5. The van der Waals surface area contributed by atoms with Gasteiger partial charge in [-0.25, -0.2) is 0 Å². The number of carboxylic acids is 1. The number of carbonyl (C=O) groups is 2. The standard InChI is InChI=1S/C15H18N5O.C13H13N4O2.2Y/c1-19(2)13(21)15-7-14(8-15,9-15)4-11-16-5-10-6-17-20(3)12(10)18-11;1-17-10-8(4-15-17)3-14-9(16-10)2-12-5-13(6-12,7-12)11(18)19;;/h5H,4,7-9H2,1-3H3;3H,2,5-7H2,1H3,(H,18,19);;/q2*-1;;. The van der Waals surface area contributed by atoms with Crippen LogP contribution < -0.4 is 0 Å². The number of carbonyl (C=O) groups excluding carboxylic acids is 1. The van der Waals surface area contributed by atoms with Crippen LogP contribution in [0.3, 0.4) is 0 Å². The van der Waals surface area contributed by atoms with Crippen molar-refractivity contribution in [2.24, 2.45) is 35.8 Å². The van der Waals surface area contributed by atoms with E-state index in [2.05, 4.69) is 42.5 Å². The van der Waals surface area contributed by atoms with E-state index in [1.807, 2.05) is 28.2 Å². The summed E-state index contributed by atoms with van der Waals surface area (Å²) < 4.78 is 3.40. The zero-order chi connectivity index (χ0) is 28.1. The SMILES string of the molecule is CN(C)C(=O)C12CC(Cc3ncc4[c-]nn(C)c4n3)(C1)C2.Cn1n[c-]c2cnc(CC34CC(C(=O)O)(C3)C4)nc21.[Y].[Y]. The van der Waals surface area contributed by atoms with Crippen LogP contribution in [0.1, 0.15) is 50.2 Å². The molecule has 0 aromatic carbocycles. The molecule has 10 rings (SSSR count). The molecular formula is C28H31N9O3Y2-2. The van der Waals surface area contributed by atoms with E-state index in [0.29, 0.717) is 0 Å². The molecule has 42 heavy (non-hydrogen) atoms. The summed E-state index contributed by atoms with van der Waals surface area (Å²) in [6.07, 6.45) is 16.1. The molecule has 0 spiro atoms. The largest absolute Gasteiger partial charge is 0.481 e. The summed E-state index contributed by atoms with van der Waals surface area (Å²) in [7, 11) is 7.37. The van der Waals surface area contributed by atoms with Gasteiger partial charge >= 0.3 is 5.97 Å². The van der Waals surface area contributed by atoms with E-state index in [4.69, 9.17) is 5.11 Å². The number of fused-ring (bicyclic) bond motifs is 2. The van der Waals surface area contributed by atoms with Crippen LogP contribution in [-0.2, 0) is 102 Å². The number of nitrogens with zero attached hydrogens (tertiary/aromatic N) is 9. The average molecular weight is 719 g/mol. The van der Waals surface area contributed by atoms with E-state index in [-0.39, 0.29) is 87.6 Å². The molecule has 4 heterocycles. The Morgan fingerprint density at radius 1 is 0.810 bits per heavy atom. The molecule has 0 saturated heterocycles. The molecule has 4 aromatic heterocycles. The maximum Gasteiger partial charge on any atom is 0.309 e. The van der Waals surface area contributed by atoms with Crippen LogP contribution in [0.4, 0.5) is 0 Å². The molecule has 214 valence electrons. The van der Waals surface area contributed by atoms with E-state index >= 15 is 0 Å². The molecule has 0 atom stereocenters. The van der Waals surface area contributed by atoms with Gasteiger partial charge < -0.3 is 29.3 Å². The van der Waals surface area contributed by atoms with Gasteiger partial charge in [0.1, 0.15) is 11.6 Å². The zero-order valence-corrected chi connectivity index (χ0v) is 29.9. The third-order valence-electron chi connectivity index (χ3n) is 9.55. The number of aromatic nitrogens is 8. The predicted molar refractivity (Wildman–Crippen MR) is 141 cm³/mol. The second-order valence-corrected chi connectivity index (χ2v) is 13.0. The van der Waals surface area contributed by atoms with E-state index in [1.165, 1.54) is 0 Å². The van der Waals surface area contributed by atoms with E-state index in [9.17, 15) is 9.59 Å². The van der Waals surface area contributed by atoms with Crippen molar-refractivity contribution in [1.29, 1.82) is 0 Å². The second kappa shape index (κ2) is 10.7. The van der Waals surface area contributed by atoms with Gasteiger partial charge in [-0.3, -0.25) is 29.8 Å². The molecule has 1 N–H and O–H groups in total. The van der Waals surface area contributed by atoms with Crippen molar-refractivity contribution in [3.63, 3.8) is 0 Å². The first kappa shape index (κ1) is 31.7. The van der Waals surface area contributed by atoms with Crippen molar-refractivity contribution >= 4 is 33.9 Å². The monoisotopic (exact) mass is 719 g/mol. The van der Waals surface area contributed by atoms with Crippen LogP contribution in [0.5, 0.6) is 0 Å². The van der Waals surface area contributed by atoms with Crippen molar-refractivity contribution < 1.29 is 80.1 Å². The number of carboxylic acid groups (broad SMARTS) is 1. The fourth-order valence-electron chi connectivity index (χ4n) is 7.96. The van der Waals surface area contributed by atoms with Gasteiger partial charge in [-0.15, -0.1) is 10.8 Å². The Hall–Kier alpha value is -1.75. The van der Waals surface area contributed by atoms with Crippen LogP contribution in [0, 0.1) is 34.1 Å². The molecule has 1 amide bonds. The topological polar surface area (TPSA) is 145 Å². The number of aryl methyl sites for hydroxylation is 2. The zero-order valence-electron chi connectivity index (χ0n) is 24.3. The summed E-state index contributed by atoms with van der Waals surface area (Å²) >= 11 is 0. The molecule has 6 saturated carbocycles. The van der Waals surface area contributed by atoms with Crippen molar-refractivity contribution in [2.75, 3.05) is 14.1 Å². The van der Waals surface area contributed by atoms with Crippen molar-refractivity contribution in [2.45, 2.75) is 51.4 Å². The maximum absolute atomic E-state index is 12.1. The summed E-state index contributed by atoms with van der Waals surface area (Å²) in [5.74, 6) is 1.27. The quantitative estimate of drug-likeness (QED) is 0.296. The van der Waals surface area contributed by atoms with Gasteiger partial charge in [0.15, 0.2) is 0 Å². The maximum atomic E-state index is 12.1. The third kappa shape index (κ3) is 4.88. The Morgan fingerprint density at radius 3 is 1.60 bits per heavy atom. The summed E-state index contributed by atoms with van der Waals surface area (Å²) in [5, 5.41) is 18.9. The van der Waals surface area contributed by atoms with Crippen LogP contribution in [0.2, 0.25) is 0 Å². The first-order chi connectivity index (χ1) is 19.0. The van der Waals surface area contributed by atoms with Crippen molar-refractivity contribution in [3.8, 4) is 0 Å². The summed E-state index contributed by atoms with van der Waals surface area (Å²) in [6.45, 7) is 0. The summed E-state index contributed by atoms with van der Waals surface area (Å²) in [5.41, 5.74) is 1.49. The fraction of sp³-hybridized carbons (Fsp3) is 0.571. The molecular weight excluding hydrogens is 688 g/mol. The third-order valence-corrected chi connectivity index (χ3v) is 9.55. The van der Waals surface area contributed by atoms with Crippen LogP contribution in [-0.4, -0.2) is 75.5 Å². The molecule has 6 fully saturated rings. The molecule has 0 aliphatic heterocycles. The number of hydrogen-bond acceptors (Lipinski definition) is 8. The minimum absolute atomic E-state index is 0. The molecule has 6 aliphatic rings. The van der Waals surface area contributed by atoms with Gasteiger partial charge in [-0.1, -0.05) is 12.4 Å². The molecule has 12 nitrogen and oxygen atoms in total. The number of rotatable bonds is 6. The molecule has 14 heteroatoms. The number of amides is 1. The average Bonchev–Trinajstić information content (AvgIpc) is 3.38. The minimum Gasteiger partial charge on any atom is -0.481 e. The normalized spacial score (nSPS) is 29.3. The Morgan fingerprint density at radius 2 is 1.21 bits per heavy atom. The van der Waals surface area contributed by atoms with Gasteiger partial charge in [0.05, 0.1) is 10.8 Å². The Balaban J connectivity index is 0.000000161. The van der Waals surface area contributed by atoms with Crippen molar-refractivity contribution in [3.05, 3.63) is 36.4 Å². The molecule has 4 aromatic rings.